The maximum Gasteiger partial charge on any atom is 0.338 e. The van der Waals surface area contributed by atoms with Crippen LogP contribution in [0.1, 0.15) is 30.3 Å². The normalized spacial score (nSPS) is 17.1. The Morgan fingerprint density at radius 1 is 1.33 bits per heavy atom. The van der Waals surface area contributed by atoms with Crippen LogP contribution in [0.5, 0.6) is 0 Å². The summed E-state index contributed by atoms with van der Waals surface area (Å²) in [7, 11) is 0. The molecule has 1 atom stereocenters. The van der Waals surface area contributed by atoms with Gasteiger partial charge in [0.25, 0.3) is 0 Å². The van der Waals surface area contributed by atoms with E-state index in [0.717, 1.165) is 17.0 Å². The summed E-state index contributed by atoms with van der Waals surface area (Å²) < 4.78 is 32.7. The predicted octanol–water partition coefficient (Wildman–Crippen LogP) is 4.13. The van der Waals surface area contributed by atoms with Crippen LogP contribution in [0.15, 0.2) is 47.0 Å². The minimum atomic E-state index is -1.06. The number of benzene rings is 1. The number of amides is 2. The van der Waals surface area contributed by atoms with E-state index in [2.05, 4.69) is 5.32 Å². The van der Waals surface area contributed by atoms with E-state index >= 15 is 0 Å². The van der Waals surface area contributed by atoms with E-state index in [1.165, 1.54) is 22.3 Å². The van der Waals surface area contributed by atoms with Crippen molar-refractivity contribution in [2.24, 2.45) is 0 Å². The van der Waals surface area contributed by atoms with E-state index in [4.69, 9.17) is 4.74 Å². The SMILES string of the molecule is CCOC(=O)C1=C(C)N(Cc2cccs2)C(=O)NC1c1ccc(F)cc1F. The van der Waals surface area contributed by atoms with E-state index in [9.17, 15) is 18.4 Å². The van der Waals surface area contributed by atoms with Crippen LogP contribution in [0.25, 0.3) is 0 Å². The summed E-state index contributed by atoms with van der Waals surface area (Å²) >= 11 is 1.48. The Balaban J connectivity index is 2.06. The zero-order valence-electron chi connectivity index (χ0n) is 14.8. The molecule has 0 saturated carbocycles. The van der Waals surface area contributed by atoms with Gasteiger partial charge in [0, 0.05) is 22.2 Å². The van der Waals surface area contributed by atoms with Crippen LogP contribution < -0.4 is 5.32 Å². The van der Waals surface area contributed by atoms with E-state index < -0.39 is 29.7 Å². The van der Waals surface area contributed by atoms with Gasteiger partial charge in [-0.3, -0.25) is 4.90 Å². The molecule has 0 saturated heterocycles. The third kappa shape index (κ3) is 3.85. The Hall–Kier alpha value is -2.74. The van der Waals surface area contributed by atoms with E-state index in [1.54, 1.807) is 13.8 Å². The predicted molar refractivity (Wildman–Crippen MR) is 96.8 cm³/mol. The molecule has 0 aliphatic carbocycles. The third-order valence-corrected chi connectivity index (χ3v) is 5.12. The smallest absolute Gasteiger partial charge is 0.338 e. The highest BCUT2D eigenvalue weighted by molar-refractivity contribution is 7.09. The molecule has 0 spiro atoms. The highest BCUT2D eigenvalue weighted by Crippen LogP contribution is 2.33. The first-order valence-electron chi connectivity index (χ1n) is 8.35. The number of carbonyl (C=O) groups is 2. The van der Waals surface area contributed by atoms with Gasteiger partial charge in [-0.05, 0) is 31.4 Å². The number of thiophene rings is 1. The topological polar surface area (TPSA) is 58.6 Å². The monoisotopic (exact) mass is 392 g/mol. The fourth-order valence-electron chi connectivity index (χ4n) is 2.97. The van der Waals surface area contributed by atoms with Crippen LogP contribution in [-0.2, 0) is 16.1 Å². The van der Waals surface area contributed by atoms with Crippen molar-refractivity contribution < 1.29 is 23.1 Å². The maximum atomic E-state index is 14.3. The average Bonchev–Trinajstić information content (AvgIpc) is 3.11. The average molecular weight is 392 g/mol. The molecule has 2 aromatic rings. The Morgan fingerprint density at radius 2 is 2.11 bits per heavy atom. The summed E-state index contributed by atoms with van der Waals surface area (Å²) in [6.07, 6.45) is 0. The summed E-state index contributed by atoms with van der Waals surface area (Å²) in [4.78, 5) is 27.6. The van der Waals surface area contributed by atoms with E-state index in [-0.39, 0.29) is 24.3 Å². The summed E-state index contributed by atoms with van der Waals surface area (Å²) in [6, 6.07) is 5.24. The molecule has 142 valence electrons. The van der Waals surface area contributed by atoms with Crippen molar-refractivity contribution in [1.29, 1.82) is 0 Å². The standard InChI is InChI=1S/C19H18F2N2O3S/c1-3-26-18(24)16-11(2)23(10-13-5-4-8-27-13)19(25)22-17(16)14-7-6-12(20)9-15(14)21/h4-9,17H,3,10H2,1-2H3,(H,22,25). The van der Waals surface area contributed by atoms with Crippen molar-refractivity contribution in [2.45, 2.75) is 26.4 Å². The van der Waals surface area contributed by atoms with Gasteiger partial charge in [-0.2, -0.15) is 0 Å². The van der Waals surface area contributed by atoms with Gasteiger partial charge in [-0.15, -0.1) is 11.3 Å². The van der Waals surface area contributed by atoms with Crippen molar-refractivity contribution in [3.05, 3.63) is 69.1 Å². The summed E-state index contributed by atoms with van der Waals surface area (Å²) in [5.41, 5.74) is 0.501. The van der Waals surface area contributed by atoms with Crippen molar-refractivity contribution >= 4 is 23.3 Å². The van der Waals surface area contributed by atoms with Crippen LogP contribution in [0.3, 0.4) is 0 Å². The van der Waals surface area contributed by atoms with Crippen molar-refractivity contribution in [3.8, 4) is 0 Å². The van der Waals surface area contributed by atoms with Gasteiger partial charge in [0.1, 0.15) is 11.6 Å². The van der Waals surface area contributed by atoms with Gasteiger partial charge in [0.15, 0.2) is 0 Å². The van der Waals surface area contributed by atoms with Crippen LogP contribution in [0.2, 0.25) is 0 Å². The summed E-state index contributed by atoms with van der Waals surface area (Å²) in [6.45, 7) is 3.68. The van der Waals surface area contributed by atoms with Crippen molar-refractivity contribution in [1.82, 2.24) is 10.2 Å². The molecule has 2 amide bonds. The third-order valence-electron chi connectivity index (χ3n) is 4.26. The summed E-state index contributed by atoms with van der Waals surface area (Å²) in [5.74, 6) is -2.24. The zero-order chi connectivity index (χ0) is 19.6. The van der Waals surface area contributed by atoms with Crippen molar-refractivity contribution in [3.63, 3.8) is 0 Å². The van der Waals surface area contributed by atoms with Crippen LogP contribution in [0.4, 0.5) is 13.6 Å². The molecular formula is C19H18F2N2O3S. The molecule has 0 bridgehead atoms. The number of hydrogen-bond acceptors (Lipinski definition) is 4. The largest absolute Gasteiger partial charge is 0.463 e. The molecule has 8 heteroatoms. The van der Waals surface area contributed by atoms with Crippen LogP contribution in [-0.4, -0.2) is 23.5 Å². The lowest BCUT2D eigenvalue weighted by molar-refractivity contribution is -0.139. The number of urea groups is 1. The number of rotatable bonds is 5. The molecule has 1 aliphatic heterocycles. The number of nitrogens with zero attached hydrogens (tertiary/aromatic N) is 1. The van der Waals surface area contributed by atoms with Crippen molar-refractivity contribution in [2.75, 3.05) is 6.61 Å². The highest BCUT2D eigenvalue weighted by atomic mass is 32.1. The summed E-state index contributed by atoms with van der Waals surface area (Å²) in [5, 5.41) is 4.53. The first-order chi connectivity index (χ1) is 12.9. The van der Waals surface area contributed by atoms with Gasteiger partial charge in [-0.1, -0.05) is 12.1 Å². The Morgan fingerprint density at radius 3 is 2.74 bits per heavy atom. The number of hydrogen-bond donors (Lipinski definition) is 1. The van der Waals surface area contributed by atoms with Crippen LogP contribution in [0, 0.1) is 11.6 Å². The van der Waals surface area contributed by atoms with Gasteiger partial charge in [0.05, 0.1) is 24.8 Å². The molecule has 3 rings (SSSR count). The van der Waals surface area contributed by atoms with Gasteiger partial charge < -0.3 is 10.1 Å². The number of esters is 1. The molecule has 1 aromatic heterocycles. The lowest BCUT2D eigenvalue weighted by atomic mass is 9.94. The number of carbonyl (C=O) groups excluding carboxylic acids is 2. The quantitative estimate of drug-likeness (QED) is 0.779. The molecule has 0 radical (unpaired) electrons. The van der Waals surface area contributed by atoms with Gasteiger partial charge in [-0.25, -0.2) is 18.4 Å². The molecule has 0 fully saturated rings. The Kier molecular flexibility index (Phi) is 5.55. The van der Waals surface area contributed by atoms with E-state index in [0.29, 0.717) is 5.70 Å². The molecule has 1 aliphatic rings. The maximum absolute atomic E-state index is 14.3. The molecule has 2 heterocycles. The first kappa shape index (κ1) is 19.0. The fourth-order valence-corrected chi connectivity index (χ4v) is 3.66. The zero-order valence-corrected chi connectivity index (χ0v) is 15.6. The van der Waals surface area contributed by atoms with Crippen LogP contribution >= 0.6 is 11.3 Å². The molecule has 1 unspecified atom stereocenters. The highest BCUT2D eigenvalue weighted by Gasteiger charge is 2.37. The van der Waals surface area contributed by atoms with Gasteiger partial charge in [0.2, 0.25) is 0 Å². The second-order valence-corrected chi connectivity index (χ2v) is 6.97. The van der Waals surface area contributed by atoms with E-state index in [1.807, 2.05) is 17.5 Å². The van der Waals surface area contributed by atoms with Gasteiger partial charge >= 0.3 is 12.0 Å². The number of halogens is 2. The molecule has 1 aromatic carbocycles. The minimum Gasteiger partial charge on any atom is -0.463 e. The molecule has 1 N–H and O–H groups in total. The Bertz CT molecular complexity index is 896. The molecule has 5 nitrogen and oxygen atoms in total. The minimum absolute atomic E-state index is 0.00271. The molecular weight excluding hydrogens is 374 g/mol. The Labute approximate surface area is 159 Å². The second-order valence-electron chi connectivity index (χ2n) is 5.93. The lowest BCUT2D eigenvalue weighted by Crippen LogP contribution is -2.47. The molecule has 27 heavy (non-hydrogen) atoms. The number of nitrogens with one attached hydrogen (secondary N) is 1. The number of allylic oxidation sites excluding steroid dienone is 1. The number of ether oxygens (including phenoxy) is 1. The second kappa shape index (κ2) is 7.87. The lowest BCUT2D eigenvalue weighted by Gasteiger charge is -2.35. The fraction of sp³-hybridized carbons (Fsp3) is 0.263. The first-order valence-corrected chi connectivity index (χ1v) is 9.23.